The molecule has 1 saturated carbocycles. The highest BCUT2D eigenvalue weighted by atomic mass is 32.2. The molecule has 5 heterocycles. The van der Waals surface area contributed by atoms with Crippen molar-refractivity contribution in [1.82, 2.24) is 19.8 Å². The molecule has 0 saturated heterocycles. The number of hydrogen-bond acceptors (Lipinski definition) is 8. The molecular formula is C22H19N5O3S2. The highest BCUT2D eigenvalue weighted by Crippen LogP contribution is 2.42. The summed E-state index contributed by atoms with van der Waals surface area (Å²) in [5, 5.41) is 17.7. The molecule has 6 rings (SSSR count). The molecule has 162 valence electrons. The maximum Gasteiger partial charge on any atom is 0.253 e. The van der Waals surface area contributed by atoms with Gasteiger partial charge in [0.15, 0.2) is 11.0 Å². The number of furan rings is 2. The minimum Gasteiger partial charge on any atom is -0.467 e. The molecule has 8 nitrogen and oxygen atoms in total. The summed E-state index contributed by atoms with van der Waals surface area (Å²) in [5.41, 5.74) is 0.732. The Morgan fingerprint density at radius 3 is 2.72 bits per heavy atom. The van der Waals surface area contributed by atoms with E-state index in [1.807, 2.05) is 35.7 Å². The van der Waals surface area contributed by atoms with Gasteiger partial charge in [-0.25, -0.2) is 5.01 Å². The van der Waals surface area contributed by atoms with Gasteiger partial charge in [-0.05, 0) is 48.6 Å². The molecule has 0 aromatic carbocycles. The van der Waals surface area contributed by atoms with Gasteiger partial charge in [-0.15, -0.1) is 21.5 Å². The molecule has 1 aliphatic carbocycles. The number of nitrogens with zero attached hydrogens (tertiary/aromatic N) is 5. The molecule has 0 spiro atoms. The molecule has 0 unspecified atom stereocenters. The van der Waals surface area contributed by atoms with E-state index in [1.54, 1.807) is 23.9 Å². The molecule has 1 amide bonds. The third kappa shape index (κ3) is 3.59. The van der Waals surface area contributed by atoms with Crippen LogP contribution in [0.1, 0.15) is 42.9 Å². The number of carbonyl (C=O) groups is 1. The predicted octanol–water partition coefficient (Wildman–Crippen LogP) is 5.00. The van der Waals surface area contributed by atoms with Crippen molar-refractivity contribution in [2.75, 3.05) is 5.75 Å². The maximum atomic E-state index is 13.2. The lowest BCUT2D eigenvalue weighted by Gasteiger charge is -2.19. The van der Waals surface area contributed by atoms with Crippen LogP contribution in [0.2, 0.25) is 0 Å². The zero-order valence-corrected chi connectivity index (χ0v) is 18.6. The second kappa shape index (κ2) is 8.10. The summed E-state index contributed by atoms with van der Waals surface area (Å²) in [7, 11) is 0. The summed E-state index contributed by atoms with van der Waals surface area (Å²) < 4.78 is 13.3. The number of carbonyl (C=O) groups excluding carboxylic acids is 1. The van der Waals surface area contributed by atoms with Gasteiger partial charge in [0.05, 0.1) is 23.2 Å². The zero-order valence-electron chi connectivity index (χ0n) is 17.0. The first-order valence-corrected chi connectivity index (χ1v) is 12.2. The number of thiophene rings is 1. The summed E-state index contributed by atoms with van der Waals surface area (Å²) in [6.07, 6.45) is 5.98. The second-order valence-corrected chi connectivity index (χ2v) is 9.56. The van der Waals surface area contributed by atoms with Gasteiger partial charge in [0, 0.05) is 12.5 Å². The molecule has 0 N–H and O–H groups in total. The lowest BCUT2D eigenvalue weighted by atomic mass is 10.1. The van der Waals surface area contributed by atoms with E-state index in [2.05, 4.69) is 25.9 Å². The molecule has 1 fully saturated rings. The Labute approximate surface area is 191 Å². The smallest absolute Gasteiger partial charge is 0.253 e. The van der Waals surface area contributed by atoms with Crippen molar-refractivity contribution < 1.29 is 13.6 Å². The molecule has 1 atom stereocenters. The topological polar surface area (TPSA) is 89.7 Å². The van der Waals surface area contributed by atoms with Crippen LogP contribution in [0, 0.1) is 0 Å². The van der Waals surface area contributed by atoms with Gasteiger partial charge >= 0.3 is 0 Å². The fraction of sp³-hybridized carbons (Fsp3) is 0.273. The van der Waals surface area contributed by atoms with Crippen molar-refractivity contribution in [1.29, 1.82) is 0 Å². The first-order valence-electron chi connectivity index (χ1n) is 10.4. The van der Waals surface area contributed by atoms with Crippen LogP contribution in [-0.2, 0) is 4.79 Å². The Bertz CT molecular complexity index is 1240. The van der Waals surface area contributed by atoms with Gasteiger partial charge in [0.2, 0.25) is 0 Å². The Kier molecular flexibility index (Phi) is 4.95. The molecule has 0 radical (unpaired) electrons. The van der Waals surface area contributed by atoms with Crippen molar-refractivity contribution in [2.24, 2.45) is 5.10 Å². The number of amides is 1. The van der Waals surface area contributed by atoms with Crippen LogP contribution in [0.25, 0.3) is 10.7 Å². The van der Waals surface area contributed by atoms with Crippen molar-refractivity contribution in [3.8, 4) is 10.7 Å². The average molecular weight is 466 g/mol. The van der Waals surface area contributed by atoms with E-state index in [0.29, 0.717) is 24.0 Å². The molecular weight excluding hydrogens is 446 g/mol. The van der Waals surface area contributed by atoms with E-state index in [1.165, 1.54) is 16.8 Å². The number of rotatable bonds is 7. The molecule has 2 aliphatic rings. The minimum atomic E-state index is -0.291. The van der Waals surface area contributed by atoms with Gasteiger partial charge in [-0.3, -0.25) is 9.36 Å². The molecule has 4 aromatic heterocycles. The Morgan fingerprint density at radius 2 is 2.00 bits per heavy atom. The SMILES string of the molecule is O=C(CSc1nnc(-c2cccs2)n1C1CC1)N1N=C(c2ccco2)C[C@H]1c1ccco1. The number of thioether (sulfide) groups is 1. The standard InChI is InChI=1S/C22H19N5O3S2/c28-20(13-32-22-24-23-21(19-6-3-11-31-19)26(22)14-7-8-14)27-16(18-5-2-10-30-18)12-15(25-27)17-4-1-9-29-17/h1-6,9-11,14,16H,7-8,12-13H2/t16-/m0/s1. The van der Waals surface area contributed by atoms with Crippen molar-refractivity contribution in [3.63, 3.8) is 0 Å². The van der Waals surface area contributed by atoms with Crippen molar-refractivity contribution in [2.45, 2.75) is 36.5 Å². The van der Waals surface area contributed by atoms with Crippen molar-refractivity contribution >= 4 is 34.7 Å². The Morgan fingerprint density at radius 1 is 1.12 bits per heavy atom. The molecule has 32 heavy (non-hydrogen) atoms. The normalized spacial score (nSPS) is 18.3. The molecule has 10 heteroatoms. The van der Waals surface area contributed by atoms with E-state index in [0.717, 1.165) is 34.4 Å². The van der Waals surface area contributed by atoms with Gasteiger partial charge in [0.25, 0.3) is 5.91 Å². The second-order valence-electron chi connectivity index (χ2n) is 7.67. The van der Waals surface area contributed by atoms with Gasteiger partial charge in [-0.2, -0.15) is 5.10 Å². The summed E-state index contributed by atoms with van der Waals surface area (Å²) in [6.45, 7) is 0. The van der Waals surface area contributed by atoms with Crippen molar-refractivity contribution in [3.05, 3.63) is 65.8 Å². The van der Waals surface area contributed by atoms with Crippen LogP contribution in [0.5, 0.6) is 0 Å². The molecule has 4 aromatic rings. The molecule has 0 bridgehead atoms. The van der Waals surface area contributed by atoms with Crippen LogP contribution in [-0.4, -0.2) is 37.1 Å². The largest absolute Gasteiger partial charge is 0.467 e. The first-order chi connectivity index (χ1) is 15.8. The van der Waals surface area contributed by atoms with E-state index >= 15 is 0 Å². The van der Waals surface area contributed by atoms with Gasteiger partial charge in [-0.1, -0.05) is 17.8 Å². The Balaban J connectivity index is 1.23. The van der Waals surface area contributed by atoms with E-state index in [-0.39, 0.29) is 17.7 Å². The van der Waals surface area contributed by atoms with Gasteiger partial charge in [0.1, 0.15) is 23.3 Å². The third-order valence-corrected chi connectivity index (χ3v) is 7.28. The minimum absolute atomic E-state index is 0.110. The van der Waals surface area contributed by atoms with E-state index in [4.69, 9.17) is 8.83 Å². The predicted molar refractivity (Wildman–Crippen MR) is 120 cm³/mol. The third-order valence-electron chi connectivity index (χ3n) is 5.49. The van der Waals surface area contributed by atoms with Crippen LogP contribution in [0.15, 0.2) is 73.4 Å². The average Bonchev–Trinajstić information content (AvgIpc) is 3.45. The lowest BCUT2D eigenvalue weighted by molar-refractivity contribution is -0.130. The number of hydrazone groups is 1. The monoisotopic (exact) mass is 465 g/mol. The lowest BCUT2D eigenvalue weighted by Crippen LogP contribution is -2.28. The van der Waals surface area contributed by atoms with Crippen LogP contribution < -0.4 is 0 Å². The zero-order chi connectivity index (χ0) is 21.5. The summed E-state index contributed by atoms with van der Waals surface area (Å²) in [5.74, 6) is 2.35. The van der Waals surface area contributed by atoms with Crippen LogP contribution >= 0.6 is 23.1 Å². The Hall–Kier alpha value is -3.11. The number of hydrogen-bond donors (Lipinski definition) is 0. The van der Waals surface area contributed by atoms with E-state index < -0.39 is 0 Å². The number of aromatic nitrogens is 3. The highest BCUT2D eigenvalue weighted by molar-refractivity contribution is 7.99. The van der Waals surface area contributed by atoms with E-state index in [9.17, 15) is 4.79 Å². The fourth-order valence-electron chi connectivity index (χ4n) is 3.84. The quantitative estimate of drug-likeness (QED) is 0.357. The molecule has 1 aliphatic heterocycles. The summed E-state index contributed by atoms with van der Waals surface area (Å²) in [6, 6.07) is 11.5. The van der Waals surface area contributed by atoms with Crippen LogP contribution in [0.4, 0.5) is 0 Å². The van der Waals surface area contributed by atoms with Gasteiger partial charge < -0.3 is 8.83 Å². The van der Waals surface area contributed by atoms with Crippen LogP contribution in [0.3, 0.4) is 0 Å². The summed E-state index contributed by atoms with van der Waals surface area (Å²) >= 11 is 3.05. The maximum absolute atomic E-state index is 13.2. The summed E-state index contributed by atoms with van der Waals surface area (Å²) in [4.78, 5) is 14.3. The first kappa shape index (κ1) is 19.6. The highest BCUT2D eigenvalue weighted by Gasteiger charge is 2.36. The fourth-order valence-corrected chi connectivity index (χ4v) is 5.40.